The lowest BCUT2D eigenvalue weighted by atomic mass is 9.98. The quantitative estimate of drug-likeness (QED) is 0.0379. The van der Waals surface area contributed by atoms with Crippen LogP contribution in [0, 0.1) is 23.7 Å². The van der Waals surface area contributed by atoms with Gasteiger partial charge in [-0.05, 0) is 111 Å². The van der Waals surface area contributed by atoms with Crippen LogP contribution in [0.15, 0.2) is 54.6 Å². The highest BCUT2D eigenvalue weighted by Gasteiger charge is 2.37. The predicted molar refractivity (Wildman–Crippen MR) is 301 cm³/mol. The van der Waals surface area contributed by atoms with E-state index < -0.39 is 90.1 Å². The topological polar surface area (TPSA) is 299 Å². The molecule has 1 saturated heterocycles. The highest BCUT2D eigenvalue weighted by molar-refractivity contribution is 5.97. The molecule has 21 heteroatoms. The average Bonchev–Trinajstić information content (AvgIpc) is 3.90. The van der Waals surface area contributed by atoms with Crippen LogP contribution in [0.5, 0.6) is 0 Å². The number of hydrazine groups is 1. The van der Waals surface area contributed by atoms with Crippen molar-refractivity contribution in [2.24, 2.45) is 29.4 Å². The molecule has 0 radical (unpaired) electrons. The fourth-order valence-electron chi connectivity index (χ4n) is 9.32. The van der Waals surface area contributed by atoms with Crippen molar-refractivity contribution in [3.8, 4) is 0 Å². The van der Waals surface area contributed by atoms with Gasteiger partial charge in [0.25, 0.3) is 5.91 Å². The van der Waals surface area contributed by atoms with Gasteiger partial charge in [-0.1, -0.05) is 110 Å². The SMILES string of the molecule is CC(=O)NCc1ccc(CC(=O)NNC(=O)[C@H](CC(C)C)NC(=O)[C@@H](CC(C)C)NC(=O)[C@H](CC(C)C)NC(=O)[C@H](CCc2ccccc2)NC(=O)CN(CCCCN)C(=O)[C@H](CC(C)C)NC(=O)[C@@H]2CCCN2C(C)=O)cc1. The molecule has 438 valence electrons. The van der Waals surface area contributed by atoms with E-state index in [-0.39, 0.29) is 80.6 Å². The summed E-state index contributed by atoms with van der Waals surface area (Å²) in [5.41, 5.74) is 13.1. The molecular weight excluding hydrogens is 1010 g/mol. The zero-order valence-corrected chi connectivity index (χ0v) is 48.3. The number of hydrogen-bond acceptors (Lipinski definition) is 11. The van der Waals surface area contributed by atoms with Crippen LogP contribution in [0.1, 0.15) is 144 Å². The summed E-state index contributed by atoms with van der Waals surface area (Å²) in [6, 6.07) is 10.1. The molecule has 6 atom stereocenters. The molecule has 2 aromatic rings. The molecule has 0 unspecified atom stereocenters. The Morgan fingerprint density at radius 3 is 1.62 bits per heavy atom. The maximum atomic E-state index is 14.5. The van der Waals surface area contributed by atoms with Crippen molar-refractivity contribution < 1.29 is 47.9 Å². The molecule has 10 N–H and O–H groups in total. The minimum atomic E-state index is -1.19. The number of nitrogens with one attached hydrogen (secondary N) is 8. The van der Waals surface area contributed by atoms with Gasteiger partial charge in [0.15, 0.2) is 0 Å². The highest BCUT2D eigenvalue weighted by Crippen LogP contribution is 2.20. The van der Waals surface area contributed by atoms with Gasteiger partial charge in [-0.25, -0.2) is 0 Å². The summed E-state index contributed by atoms with van der Waals surface area (Å²) in [6.07, 6.45) is 3.34. The summed E-state index contributed by atoms with van der Waals surface area (Å²) in [5, 5.41) is 16.9. The number of unbranched alkanes of at least 4 members (excludes halogenated alkanes) is 1. The molecule has 21 nitrogen and oxygen atoms in total. The Balaban J connectivity index is 1.83. The second-order valence-corrected chi connectivity index (χ2v) is 22.5. The summed E-state index contributed by atoms with van der Waals surface area (Å²) in [7, 11) is 0. The molecule has 1 fully saturated rings. The van der Waals surface area contributed by atoms with Crippen molar-refractivity contribution in [3.05, 3.63) is 71.3 Å². The molecule has 1 aliphatic rings. The molecule has 0 saturated carbocycles. The molecular formula is C58H91N11O10. The van der Waals surface area contributed by atoms with Crippen LogP contribution in [0.25, 0.3) is 0 Å². The summed E-state index contributed by atoms with van der Waals surface area (Å²) in [5.74, 6) is -5.44. The lowest BCUT2D eigenvalue weighted by Gasteiger charge is -2.31. The van der Waals surface area contributed by atoms with Gasteiger partial charge in [-0.3, -0.25) is 58.8 Å². The van der Waals surface area contributed by atoms with E-state index >= 15 is 0 Å². The van der Waals surface area contributed by atoms with Crippen LogP contribution in [0.3, 0.4) is 0 Å². The van der Waals surface area contributed by atoms with Gasteiger partial charge in [0.2, 0.25) is 53.2 Å². The first-order valence-corrected chi connectivity index (χ1v) is 28.1. The predicted octanol–water partition coefficient (Wildman–Crippen LogP) is 2.83. The zero-order valence-electron chi connectivity index (χ0n) is 48.3. The number of amides is 10. The second kappa shape index (κ2) is 34.2. The molecule has 0 bridgehead atoms. The lowest BCUT2D eigenvalue weighted by molar-refractivity contribution is -0.142. The third-order valence-corrected chi connectivity index (χ3v) is 13.3. The Kier molecular flexibility index (Phi) is 28.7. The molecule has 1 heterocycles. The van der Waals surface area contributed by atoms with Crippen LogP contribution < -0.4 is 48.5 Å². The highest BCUT2D eigenvalue weighted by atomic mass is 16.2. The molecule has 2 aromatic carbocycles. The number of carbonyl (C=O) groups excluding carboxylic acids is 10. The largest absolute Gasteiger partial charge is 0.352 e. The first-order chi connectivity index (χ1) is 37.4. The Labute approximate surface area is 467 Å². The number of nitrogens with zero attached hydrogens (tertiary/aromatic N) is 2. The maximum Gasteiger partial charge on any atom is 0.260 e. The fourth-order valence-corrected chi connectivity index (χ4v) is 9.32. The van der Waals surface area contributed by atoms with Crippen molar-refractivity contribution in [3.63, 3.8) is 0 Å². The number of carbonyl (C=O) groups is 10. The number of nitrogens with two attached hydrogens (primary N) is 1. The number of benzene rings is 2. The maximum absolute atomic E-state index is 14.5. The summed E-state index contributed by atoms with van der Waals surface area (Å²) in [4.78, 5) is 138. The van der Waals surface area contributed by atoms with Gasteiger partial charge in [-0.2, -0.15) is 0 Å². The van der Waals surface area contributed by atoms with Gasteiger partial charge in [0.1, 0.15) is 36.3 Å². The van der Waals surface area contributed by atoms with Crippen LogP contribution in [-0.4, -0.2) is 131 Å². The Bertz CT molecular complexity index is 2330. The van der Waals surface area contributed by atoms with Crippen LogP contribution in [0.4, 0.5) is 0 Å². The van der Waals surface area contributed by atoms with Gasteiger partial charge in [-0.15, -0.1) is 0 Å². The molecule has 79 heavy (non-hydrogen) atoms. The van der Waals surface area contributed by atoms with Gasteiger partial charge in [0.05, 0.1) is 13.0 Å². The van der Waals surface area contributed by atoms with Crippen LogP contribution >= 0.6 is 0 Å². The smallest absolute Gasteiger partial charge is 0.260 e. The summed E-state index contributed by atoms with van der Waals surface area (Å²) < 4.78 is 0. The minimum absolute atomic E-state index is 0.0285. The van der Waals surface area contributed by atoms with E-state index in [9.17, 15) is 47.9 Å². The summed E-state index contributed by atoms with van der Waals surface area (Å²) >= 11 is 0. The van der Waals surface area contributed by atoms with E-state index in [2.05, 4.69) is 42.8 Å². The van der Waals surface area contributed by atoms with E-state index in [1.165, 1.54) is 23.6 Å². The Morgan fingerprint density at radius 1 is 0.582 bits per heavy atom. The standard InChI is InChI=1S/C58H91N11O10/c1-36(2)29-46(54(75)63-47(30-37(3)4)55(76)64-48(31-38(5)6)56(77)67-66-51(72)33-43-20-22-44(23-21-43)34-60-40(9)70)62-53(74)45(25-24-42-17-12-11-13-18-42)61-52(73)35-68(27-15-14-26-59)58(79)49(32-39(7)8)65-57(78)50-19-16-28-69(50)41(10)71/h11-13,17-18,20-23,36-39,45-50H,14-16,19,24-35,59H2,1-10H3,(H,60,70)(H,61,73)(H,62,74)(H,63,75)(H,64,76)(H,65,78)(H,66,72)(H,67,77)/t45-,46-,47+,48-,49-,50-/m0/s1. The monoisotopic (exact) mass is 1100 g/mol. The Morgan fingerprint density at radius 2 is 1.10 bits per heavy atom. The fraction of sp³-hybridized carbons (Fsp3) is 0.621. The number of likely N-dealkylation sites (tertiary alicyclic amines) is 1. The molecule has 1 aliphatic heterocycles. The molecule has 0 aliphatic carbocycles. The van der Waals surface area contributed by atoms with E-state index in [1.807, 2.05) is 85.7 Å². The molecule has 10 amide bonds. The average molecular weight is 1100 g/mol. The number of aryl methyl sites for hydroxylation is 1. The van der Waals surface area contributed by atoms with Crippen molar-refractivity contribution >= 4 is 59.1 Å². The second-order valence-electron chi connectivity index (χ2n) is 22.5. The van der Waals surface area contributed by atoms with Crippen molar-refractivity contribution in [2.45, 2.75) is 183 Å². The first-order valence-electron chi connectivity index (χ1n) is 28.1. The van der Waals surface area contributed by atoms with E-state index in [0.29, 0.717) is 57.3 Å². The van der Waals surface area contributed by atoms with Crippen molar-refractivity contribution in [2.75, 3.05) is 26.2 Å². The molecule has 3 rings (SSSR count). The van der Waals surface area contributed by atoms with Crippen LogP contribution in [-0.2, 0) is 67.3 Å². The number of rotatable bonds is 32. The van der Waals surface area contributed by atoms with Crippen molar-refractivity contribution in [1.29, 1.82) is 0 Å². The van der Waals surface area contributed by atoms with E-state index in [4.69, 9.17) is 5.73 Å². The minimum Gasteiger partial charge on any atom is -0.352 e. The normalized spacial score (nSPS) is 15.1. The van der Waals surface area contributed by atoms with Gasteiger partial charge in [0, 0.05) is 33.5 Å². The zero-order chi connectivity index (χ0) is 58.8. The van der Waals surface area contributed by atoms with Crippen molar-refractivity contribution in [1.82, 2.24) is 52.6 Å². The third-order valence-electron chi connectivity index (χ3n) is 13.3. The Hall–Kier alpha value is -6.90. The van der Waals surface area contributed by atoms with E-state index in [0.717, 1.165) is 11.1 Å². The molecule has 0 aromatic heterocycles. The van der Waals surface area contributed by atoms with E-state index in [1.54, 1.807) is 24.3 Å². The summed E-state index contributed by atoms with van der Waals surface area (Å²) in [6.45, 7) is 18.7. The lowest BCUT2D eigenvalue weighted by Crippen LogP contribution is -2.60. The molecule has 0 spiro atoms. The third kappa shape index (κ3) is 24.8. The van der Waals surface area contributed by atoms with Crippen LogP contribution in [0.2, 0.25) is 0 Å². The first kappa shape index (κ1) is 66.4. The number of hydrogen-bond donors (Lipinski definition) is 9. The van der Waals surface area contributed by atoms with Gasteiger partial charge >= 0.3 is 0 Å². The van der Waals surface area contributed by atoms with Gasteiger partial charge < -0.3 is 47.4 Å².